The van der Waals surface area contributed by atoms with E-state index in [9.17, 15) is 19.7 Å². The second kappa shape index (κ2) is 5.96. The molecule has 2 amide bonds. The molecule has 2 rings (SSSR count). The van der Waals surface area contributed by atoms with Crippen molar-refractivity contribution in [2.24, 2.45) is 5.92 Å². The van der Waals surface area contributed by atoms with E-state index in [1.165, 1.54) is 17.0 Å². The molecule has 1 aliphatic rings. The summed E-state index contributed by atoms with van der Waals surface area (Å²) in [5.41, 5.74) is -0.0748. The molecule has 0 bridgehead atoms. The van der Waals surface area contributed by atoms with Crippen LogP contribution >= 0.6 is 11.6 Å². The second-order valence-corrected chi connectivity index (χ2v) is 5.03. The molecule has 1 saturated heterocycles. The highest BCUT2D eigenvalue weighted by molar-refractivity contribution is 6.33. The number of likely N-dealkylation sites (tertiary alicyclic amines) is 1. The van der Waals surface area contributed by atoms with Crippen molar-refractivity contribution in [1.29, 1.82) is 0 Å². The zero-order chi connectivity index (χ0) is 15.6. The molecule has 1 unspecified atom stereocenters. The van der Waals surface area contributed by atoms with E-state index in [1.54, 1.807) is 0 Å². The molecule has 0 radical (unpaired) electrons. The Balaban J connectivity index is 2.08. The number of amides is 2. The SMILES string of the molecule is O=C(O)C1CCN(C(=O)Nc2cc([N+](=O)[O-])ccc2Cl)C1. The molecule has 1 aromatic rings. The standard InChI is InChI=1S/C12H12ClN3O5/c13-9-2-1-8(16(20)21)5-10(9)14-12(19)15-4-3-7(6-15)11(17)18/h1-2,5,7H,3-4,6H2,(H,14,19)(H,17,18). The van der Waals surface area contributed by atoms with Crippen molar-refractivity contribution in [1.82, 2.24) is 4.90 Å². The maximum atomic E-state index is 12.0. The summed E-state index contributed by atoms with van der Waals surface area (Å²) in [4.78, 5) is 34.3. The summed E-state index contributed by atoms with van der Waals surface area (Å²) < 4.78 is 0. The molecule has 1 aliphatic heterocycles. The highest BCUT2D eigenvalue weighted by Gasteiger charge is 2.31. The zero-order valence-corrected chi connectivity index (χ0v) is 11.5. The van der Waals surface area contributed by atoms with E-state index in [-0.39, 0.29) is 22.9 Å². The largest absolute Gasteiger partial charge is 0.481 e. The summed E-state index contributed by atoms with van der Waals surface area (Å²) in [6, 6.07) is 3.18. The van der Waals surface area contributed by atoms with Crippen molar-refractivity contribution < 1.29 is 19.6 Å². The second-order valence-electron chi connectivity index (χ2n) is 4.62. The normalized spacial score (nSPS) is 17.6. The molecular formula is C12H12ClN3O5. The summed E-state index contributed by atoms with van der Waals surface area (Å²) in [5, 5.41) is 22.2. The Hall–Kier alpha value is -2.35. The van der Waals surface area contributed by atoms with Crippen molar-refractivity contribution in [2.45, 2.75) is 6.42 Å². The minimum Gasteiger partial charge on any atom is -0.481 e. The average Bonchev–Trinajstić information content (AvgIpc) is 2.90. The summed E-state index contributed by atoms with van der Waals surface area (Å²) in [6.45, 7) is 0.420. The van der Waals surface area contributed by atoms with Crippen LogP contribution in [0.25, 0.3) is 0 Å². The fraction of sp³-hybridized carbons (Fsp3) is 0.333. The number of halogens is 1. The van der Waals surface area contributed by atoms with E-state index in [0.29, 0.717) is 13.0 Å². The van der Waals surface area contributed by atoms with Gasteiger partial charge in [-0.05, 0) is 12.5 Å². The van der Waals surface area contributed by atoms with E-state index in [1.807, 2.05) is 0 Å². The summed E-state index contributed by atoms with van der Waals surface area (Å²) in [7, 11) is 0. The van der Waals surface area contributed by atoms with Gasteiger partial charge in [0, 0.05) is 25.2 Å². The van der Waals surface area contributed by atoms with Crippen LogP contribution in [0.4, 0.5) is 16.2 Å². The van der Waals surface area contributed by atoms with Crippen LogP contribution in [0.5, 0.6) is 0 Å². The van der Waals surface area contributed by atoms with Gasteiger partial charge >= 0.3 is 12.0 Å². The van der Waals surface area contributed by atoms with Gasteiger partial charge < -0.3 is 15.3 Å². The highest BCUT2D eigenvalue weighted by atomic mass is 35.5. The number of anilines is 1. The molecule has 0 aliphatic carbocycles. The number of urea groups is 1. The highest BCUT2D eigenvalue weighted by Crippen LogP contribution is 2.27. The number of hydrogen-bond acceptors (Lipinski definition) is 4. The number of carboxylic acids is 1. The van der Waals surface area contributed by atoms with Crippen LogP contribution in [0.1, 0.15) is 6.42 Å². The molecule has 1 heterocycles. The molecule has 1 atom stereocenters. The fourth-order valence-corrected chi connectivity index (χ4v) is 2.23. The fourth-order valence-electron chi connectivity index (χ4n) is 2.06. The minimum absolute atomic E-state index is 0.105. The topological polar surface area (TPSA) is 113 Å². The zero-order valence-electron chi connectivity index (χ0n) is 10.8. The predicted molar refractivity (Wildman–Crippen MR) is 74.4 cm³/mol. The molecule has 112 valence electrons. The van der Waals surface area contributed by atoms with Gasteiger partial charge in [0.05, 0.1) is 21.6 Å². The van der Waals surface area contributed by atoms with Crippen LogP contribution in [0.2, 0.25) is 5.02 Å². The van der Waals surface area contributed by atoms with E-state index >= 15 is 0 Å². The van der Waals surface area contributed by atoms with Crippen molar-refractivity contribution in [3.05, 3.63) is 33.3 Å². The number of nitrogens with one attached hydrogen (secondary N) is 1. The molecule has 8 nitrogen and oxygen atoms in total. The number of aliphatic carboxylic acids is 1. The van der Waals surface area contributed by atoms with Crippen LogP contribution in [-0.2, 0) is 4.79 Å². The summed E-state index contributed by atoms with van der Waals surface area (Å²) >= 11 is 5.88. The molecule has 9 heteroatoms. The number of carboxylic acid groups (broad SMARTS) is 1. The number of nitro groups is 1. The monoisotopic (exact) mass is 313 g/mol. The molecule has 2 N–H and O–H groups in total. The van der Waals surface area contributed by atoms with Gasteiger partial charge in [0.2, 0.25) is 0 Å². The van der Waals surface area contributed by atoms with Crippen LogP contribution < -0.4 is 5.32 Å². The first kappa shape index (κ1) is 15.0. The van der Waals surface area contributed by atoms with E-state index in [2.05, 4.69) is 5.32 Å². The first-order valence-corrected chi connectivity index (χ1v) is 6.49. The van der Waals surface area contributed by atoms with Gasteiger partial charge in [0.15, 0.2) is 0 Å². The quantitative estimate of drug-likeness (QED) is 0.656. The lowest BCUT2D eigenvalue weighted by molar-refractivity contribution is -0.384. The average molecular weight is 314 g/mol. The van der Waals surface area contributed by atoms with Gasteiger partial charge in [0.25, 0.3) is 5.69 Å². The van der Waals surface area contributed by atoms with Gasteiger partial charge in [-0.15, -0.1) is 0 Å². The molecule has 21 heavy (non-hydrogen) atoms. The first-order valence-electron chi connectivity index (χ1n) is 6.11. The van der Waals surface area contributed by atoms with Crippen LogP contribution in [0.3, 0.4) is 0 Å². The van der Waals surface area contributed by atoms with E-state index in [4.69, 9.17) is 16.7 Å². The maximum absolute atomic E-state index is 12.0. The van der Waals surface area contributed by atoms with E-state index in [0.717, 1.165) is 6.07 Å². The number of rotatable bonds is 3. The Kier molecular flexibility index (Phi) is 4.27. The lowest BCUT2D eigenvalue weighted by Crippen LogP contribution is -2.33. The predicted octanol–water partition coefficient (Wildman–Crippen LogP) is 2.19. The number of nitro benzene ring substituents is 1. The number of hydrogen-bond donors (Lipinski definition) is 2. The molecule has 0 spiro atoms. The Bertz CT molecular complexity index is 607. The van der Waals surface area contributed by atoms with Crippen molar-refractivity contribution in [3.63, 3.8) is 0 Å². The molecule has 1 fully saturated rings. The lowest BCUT2D eigenvalue weighted by atomic mass is 10.1. The van der Waals surface area contributed by atoms with Gasteiger partial charge in [-0.2, -0.15) is 0 Å². The van der Waals surface area contributed by atoms with Crippen molar-refractivity contribution in [3.8, 4) is 0 Å². The smallest absolute Gasteiger partial charge is 0.321 e. The first-order chi connectivity index (χ1) is 9.88. The van der Waals surface area contributed by atoms with Gasteiger partial charge in [-0.25, -0.2) is 4.79 Å². The van der Waals surface area contributed by atoms with E-state index < -0.39 is 22.8 Å². The number of carbonyl (C=O) groups is 2. The Morgan fingerprint density at radius 2 is 2.19 bits per heavy atom. The number of carbonyl (C=O) groups excluding carboxylic acids is 1. The third-order valence-electron chi connectivity index (χ3n) is 3.23. The number of non-ortho nitro benzene ring substituents is 1. The number of benzene rings is 1. The molecule has 0 saturated carbocycles. The van der Waals surface area contributed by atoms with Gasteiger partial charge in [-0.3, -0.25) is 14.9 Å². The summed E-state index contributed by atoms with van der Waals surface area (Å²) in [5.74, 6) is -1.53. The number of nitrogens with zero attached hydrogens (tertiary/aromatic N) is 2. The van der Waals surface area contributed by atoms with Crippen molar-refractivity contribution >= 4 is 35.0 Å². The summed E-state index contributed by atoms with van der Waals surface area (Å²) in [6.07, 6.45) is 0.380. The minimum atomic E-state index is -0.946. The van der Waals surface area contributed by atoms with Gasteiger partial charge in [-0.1, -0.05) is 11.6 Å². The van der Waals surface area contributed by atoms with Gasteiger partial charge in [0.1, 0.15) is 0 Å². The van der Waals surface area contributed by atoms with Crippen LogP contribution in [0.15, 0.2) is 18.2 Å². The third kappa shape index (κ3) is 3.40. The Morgan fingerprint density at radius 3 is 2.76 bits per heavy atom. The molecular weight excluding hydrogens is 302 g/mol. The maximum Gasteiger partial charge on any atom is 0.321 e. The molecule has 1 aromatic carbocycles. The third-order valence-corrected chi connectivity index (χ3v) is 3.56. The van der Waals surface area contributed by atoms with Crippen LogP contribution in [0, 0.1) is 16.0 Å². The Labute approximate surface area is 124 Å². The Morgan fingerprint density at radius 1 is 1.48 bits per heavy atom. The van der Waals surface area contributed by atoms with Crippen LogP contribution in [-0.4, -0.2) is 40.0 Å². The lowest BCUT2D eigenvalue weighted by Gasteiger charge is -2.17. The molecule has 0 aromatic heterocycles. The van der Waals surface area contributed by atoms with Crippen molar-refractivity contribution in [2.75, 3.05) is 18.4 Å².